The van der Waals surface area contributed by atoms with Crippen molar-refractivity contribution in [2.45, 2.75) is 12.6 Å². The predicted molar refractivity (Wildman–Crippen MR) is 109 cm³/mol. The van der Waals surface area contributed by atoms with E-state index in [-0.39, 0.29) is 6.04 Å². The molecule has 5 nitrogen and oxygen atoms in total. The van der Waals surface area contributed by atoms with Crippen LogP contribution in [0.1, 0.15) is 17.2 Å². The number of para-hydroxylation sites is 1. The Morgan fingerprint density at radius 3 is 2.31 bits per heavy atom. The van der Waals surface area contributed by atoms with Crippen LogP contribution < -0.4 is 25.0 Å². The lowest BCUT2D eigenvalue weighted by atomic mass is 10.0. The average Bonchev–Trinajstić information content (AvgIpc) is 2.67. The van der Waals surface area contributed by atoms with Crippen molar-refractivity contribution in [2.24, 2.45) is 0 Å². The molecule has 2 rings (SSSR count). The molecule has 3 N–H and O–H groups in total. The van der Waals surface area contributed by atoms with Crippen molar-refractivity contribution in [3.05, 3.63) is 59.7 Å². The zero-order valence-corrected chi connectivity index (χ0v) is 16.7. The van der Waals surface area contributed by atoms with Crippen LogP contribution in [0.2, 0.25) is 0 Å². The van der Waals surface area contributed by atoms with Crippen LogP contribution in [0.25, 0.3) is 0 Å². The van der Waals surface area contributed by atoms with Gasteiger partial charge in [-0.15, -0.1) is 0 Å². The van der Waals surface area contributed by atoms with Crippen LogP contribution >= 0.6 is 12.2 Å². The van der Waals surface area contributed by atoms with E-state index in [9.17, 15) is 0 Å². The second kappa shape index (κ2) is 9.99. The zero-order chi connectivity index (χ0) is 18.9. The number of ether oxygens (including phenoxy) is 2. The van der Waals surface area contributed by atoms with Crippen molar-refractivity contribution in [1.29, 1.82) is 0 Å². The fraction of sp³-hybridized carbons (Fsp3) is 0.350. The van der Waals surface area contributed by atoms with E-state index >= 15 is 0 Å². The van der Waals surface area contributed by atoms with Gasteiger partial charge in [0.1, 0.15) is 17.5 Å². The molecule has 0 saturated heterocycles. The summed E-state index contributed by atoms with van der Waals surface area (Å²) in [7, 11) is 7.63. The lowest BCUT2D eigenvalue weighted by Gasteiger charge is -2.24. The van der Waals surface area contributed by atoms with Gasteiger partial charge < -0.3 is 25.0 Å². The van der Waals surface area contributed by atoms with Gasteiger partial charge in [-0.1, -0.05) is 24.3 Å². The van der Waals surface area contributed by atoms with Crippen molar-refractivity contribution < 1.29 is 14.4 Å². The molecule has 26 heavy (non-hydrogen) atoms. The molecule has 0 aliphatic rings. The van der Waals surface area contributed by atoms with Gasteiger partial charge in [0.2, 0.25) is 0 Å². The molecule has 140 valence electrons. The van der Waals surface area contributed by atoms with E-state index in [2.05, 4.69) is 30.8 Å². The summed E-state index contributed by atoms with van der Waals surface area (Å²) in [4.78, 5) is 1.31. The smallest absolute Gasteiger partial charge is 0.166 e. The number of hydrogen-bond donors (Lipinski definition) is 3. The number of methoxy groups -OCH3 is 2. The largest absolute Gasteiger partial charge is 0.497 e. The molecule has 2 aromatic rings. The Labute approximate surface area is 161 Å². The lowest BCUT2D eigenvalue weighted by Crippen LogP contribution is -3.07. The minimum Gasteiger partial charge on any atom is -0.497 e. The normalized spacial score (nSPS) is 11.7. The van der Waals surface area contributed by atoms with Gasteiger partial charge in [0.05, 0.1) is 40.4 Å². The molecule has 0 amide bonds. The van der Waals surface area contributed by atoms with Crippen molar-refractivity contribution in [3.8, 4) is 11.5 Å². The van der Waals surface area contributed by atoms with E-state index in [0.717, 1.165) is 23.6 Å². The van der Waals surface area contributed by atoms with E-state index in [4.69, 9.17) is 21.7 Å². The summed E-state index contributed by atoms with van der Waals surface area (Å²) in [5.74, 6) is 1.75. The summed E-state index contributed by atoms with van der Waals surface area (Å²) in [5.41, 5.74) is 2.31. The average molecular weight is 375 g/mol. The second-order valence-electron chi connectivity index (χ2n) is 6.28. The maximum Gasteiger partial charge on any atom is 0.166 e. The number of benzene rings is 2. The van der Waals surface area contributed by atoms with Crippen molar-refractivity contribution in [2.75, 3.05) is 34.9 Å². The summed E-state index contributed by atoms with van der Waals surface area (Å²) in [6, 6.07) is 16.3. The standard InChI is InChI=1S/C20H27N3O2S/c1-23(2)18(17-7-5-6-8-19(17)25-4)14-22-20(26)21-13-15-9-11-16(24-3)12-10-15/h5-12,18H,13-14H2,1-4H3,(H2,21,22,26)/p+1/t18-/m1/s1. The topological polar surface area (TPSA) is 47.0 Å². The maximum atomic E-state index is 5.51. The van der Waals surface area contributed by atoms with Gasteiger partial charge in [-0.25, -0.2) is 0 Å². The summed E-state index contributed by atoms with van der Waals surface area (Å²) < 4.78 is 10.7. The van der Waals surface area contributed by atoms with Gasteiger partial charge in [0.15, 0.2) is 5.11 Å². The molecular weight excluding hydrogens is 346 g/mol. The van der Waals surface area contributed by atoms with Gasteiger partial charge >= 0.3 is 0 Å². The van der Waals surface area contributed by atoms with Crippen LogP contribution in [0, 0.1) is 0 Å². The third kappa shape index (κ3) is 5.61. The van der Waals surface area contributed by atoms with E-state index in [1.165, 1.54) is 10.5 Å². The molecule has 0 heterocycles. The first-order valence-electron chi connectivity index (χ1n) is 8.62. The number of quaternary nitrogens is 1. The maximum absolute atomic E-state index is 5.51. The van der Waals surface area contributed by atoms with Crippen LogP contribution in [0.15, 0.2) is 48.5 Å². The molecule has 0 fully saturated rings. The summed E-state index contributed by atoms with van der Waals surface area (Å²) in [6.45, 7) is 1.39. The molecule has 0 unspecified atom stereocenters. The number of rotatable bonds is 8. The van der Waals surface area contributed by atoms with Crippen LogP contribution in [-0.4, -0.2) is 40.0 Å². The highest BCUT2D eigenvalue weighted by atomic mass is 32.1. The van der Waals surface area contributed by atoms with E-state index in [1.807, 2.05) is 42.5 Å². The van der Waals surface area contributed by atoms with Crippen molar-refractivity contribution in [3.63, 3.8) is 0 Å². The number of likely N-dealkylation sites (N-methyl/N-ethyl adjacent to an activating group) is 1. The van der Waals surface area contributed by atoms with Crippen LogP contribution in [0.3, 0.4) is 0 Å². The molecule has 0 saturated carbocycles. The Morgan fingerprint density at radius 1 is 1.00 bits per heavy atom. The molecule has 0 spiro atoms. The molecule has 6 heteroatoms. The van der Waals surface area contributed by atoms with Crippen LogP contribution in [0.4, 0.5) is 0 Å². The Balaban J connectivity index is 1.90. The quantitative estimate of drug-likeness (QED) is 0.612. The molecule has 0 radical (unpaired) electrons. The zero-order valence-electron chi connectivity index (χ0n) is 15.8. The van der Waals surface area contributed by atoms with E-state index < -0.39 is 0 Å². The third-order valence-electron chi connectivity index (χ3n) is 4.29. The highest BCUT2D eigenvalue weighted by Gasteiger charge is 2.21. The molecule has 0 aliphatic carbocycles. The number of nitrogens with one attached hydrogen (secondary N) is 3. The number of hydrogen-bond acceptors (Lipinski definition) is 3. The van der Waals surface area contributed by atoms with Crippen LogP contribution in [0.5, 0.6) is 11.5 Å². The Morgan fingerprint density at radius 2 is 1.69 bits per heavy atom. The third-order valence-corrected chi connectivity index (χ3v) is 4.58. The SMILES string of the molecule is COc1ccc(CNC(=S)NC[C@H](c2ccccc2OC)[NH+](C)C)cc1. The molecule has 1 atom stereocenters. The second-order valence-corrected chi connectivity index (χ2v) is 6.69. The molecular formula is C20H28N3O2S+. The van der Waals surface area contributed by atoms with E-state index in [0.29, 0.717) is 11.7 Å². The molecule has 0 aromatic heterocycles. The highest BCUT2D eigenvalue weighted by Crippen LogP contribution is 2.22. The Bertz CT molecular complexity index is 704. The van der Waals surface area contributed by atoms with Gasteiger partial charge in [0, 0.05) is 6.54 Å². The molecule has 0 bridgehead atoms. The summed E-state index contributed by atoms with van der Waals surface area (Å²) in [6.07, 6.45) is 0. The fourth-order valence-corrected chi connectivity index (χ4v) is 2.92. The number of thiocarbonyl (C=S) groups is 1. The fourth-order valence-electron chi connectivity index (χ4n) is 2.76. The lowest BCUT2D eigenvalue weighted by molar-refractivity contribution is -0.890. The van der Waals surface area contributed by atoms with Crippen LogP contribution in [-0.2, 0) is 6.54 Å². The van der Waals surface area contributed by atoms with Gasteiger partial charge in [-0.05, 0) is 42.0 Å². The minimum atomic E-state index is 0.229. The predicted octanol–water partition coefficient (Wildman–Crippen LogP) is 1.55. The Hall–Kier alpha value is -2.31. The van der Waals surface area contributed by atoms with Gasteiger partial charge in [-0.3, -0.25) is 0 Å². The summed E-state index contributed by atoms with van der Waals surface area (Å²) >= 11 is 5.43. The van der Waals surface area contributed by atoms with Crippen molar-refractivity contribution >= 4 is 17.3 Å². The van der Waals surface area contributed by atoms with Gasteiger partial charge in [0.25, 0.3) is 0 Å². The Kier molecular flexibility index (Phi) is 7.69. The summed E-state index contributed by atoms with van der Waals surface area (Å²) in [5, 5.41) is 7.22. The van der Waals surface area contributed by atoms with E-state index in [1.54, 1.807) is 14.2 Å². The first kappa shape index (κ1) is 20.0. The first-order valence-corrected chi connectivity index (χ1v) is 9.03. The highest BCUT2D eigenvalue weighted by molar-refractivity contribution is 7.80. The van der Waals surface area contributed by atoms with Crippen molar-refractivity contribution in [1.82, 2.24) is 10.6 Å². The molecule has 0 aliphatic heterocycles. The molecule has 2 aromatic carbocycles. The first-order chi connectivity index (χ1) is 12.5. The monoisotopic (exact) mass is 374 g/mol. The minimum absolute atomic E-state index is 0.229. The van der Waals surface area contributed by atoms with Gasteiger partial charge in [-0.2, -0.15) is 0 Å².